The SMILES string of the molecule is CC1c2cc(F)ccc2C(N)CN1Cc1ccccc1. The fourth-order valence-electron chi connectivity index (χ4n) is 2.97. The van der Waals surface area contributed by atoms with Gasteiger partial charge in [-0.05, 0) is 35.7 Å². The second-order valence-electron chi connectivity index (χ2n) is 5.47. The van der Waals surface area contributed by atoms with Crippen molar-refractivity contribution < 1.29 is 4.39 Å². The molecule has 0 radical (unpaired) electrons. The number of hydrogen-bond donors (Lipinski definition) is 1. The highest BCUT2D eigenvalue weighted by Crippen LogP contribution is 2.34. The summed E-state index contributed by atoms with van der Waals surface area (Å²) in [5.74, 6) is -0.190. The molecule has 20 heavy (non-hydrogen) atoms. The highest BCUT2D eigenvalue weighted by molar-refractivity contribution is 5.35. The van der Waals surface area contributed by atoms with E-state index in [1.54, 1.807) is 6.07 Å². The van der Waals surface area contributed by atoms with Gasteiger partial charge in [-0.3, -0.25) is 4.90 Å². The molecule has 0 amide bonds. The lowest BCUT2D eigenvalue weighted by Crippen LogP contribution is -2.39. The largest absolute Gasteiger partial charge is 0.323 e. The molecule has 1 aliphatic heterocycles. The zero-order valence-corrected chi connectivity index (χ0v) is 11.6. The minimum atomic E-state index is -0.190. The fraction of sp³-hybridized carbons (Fsp3) is 0.294. The average molecular weight is 270 g/mol. The lowest BCUT2D eigenvalue weighted by molar-refractivity contribution is 0.171. The van der Waals surface area contributed by atoms with E-state index < -0.39 is 0 Å². The molecule has 2 aromatic carbocycles. The fourth-order valence-corrected chi connectivity index (χ4v) is 2.97. The average Bonchev–Trinajstić information content (AvgIpc) is 2.45. The molecule has 104 valence electrons. The molecule has 0 saturated heterocycles. The van der Waals surface area contributed by atoms with Crippen LogP contribution in [0.15, 0.2) is 48.5 Å². The van der Waals surface area contributed by atoms with Crippen LogP contribution in [0, 0.1) is 5.82 Å². The van der Waals surface area contributed by atoms with E-state index in [0.717, 1.165) is 24.2 Å². The van der Waals surface area contributed by atoms with Gasteiger partial charge in [0.25, 0.3) is 0 Å². The van der Waals surface area contributed by atoms with Crippen LogP contribution in [-0.2, 0) is 6.54 Å². The quantitative estimate of drug-likeness (QED) is 0.906. The first-order valence-electron chi connectivity index (χ1n) is 6.98. The molecule has 0 bridgehead atoms. The van der Waals surface area contributed by atoms with Crippen molar-refractivity contribution in [3.05, 3.63) is 71.0 Å². The molecule has 2 aromatic rings. The van der Waals surface area contributed by atoms with Crippen molar-refractivity contribution in [2.75, 3.05) is 6.54 Å². The van der Waals surface area contributed by atoms with Crippen LogP contribution in [0.2, 0.25) is 0 Å². The van der Waals surface area contributed by atoms with Gasteiger partial charge in [0.05, 0.1) is 0 Å². The minimum absolute atomic E-state index is 0.0505. The number of benzene rings is 2. The molecule has 0 saturated carbocycles. The number of hydrogen-bond acceptors (Lipinski definition) is 2. The van der Waals surface area contributed by atoms with Crippen molar-refractivity contribution >= 4 is 0 Å². The molecule has 2 N–H and O–H groups in total. The molecular formula is C17H19FN2. The van der Waals surface area contributed by atoms with Gasteiger partial charge in [-0.1, -0.05) is 36.4 Å². The van der Waals surface area contributed by atoms with E-state index in [2.05, 4.69) is 24.0 Å². The van der Waals surface area contributed by atoms with Gasteiger partial charge < -0.3 is 5.73 Å². The van der Waals surface area contributed by atoms with Crippen molar-refractivity contribution in [3.8, 4) is 0 Å². The molecule has 0 spiro atoms. The first kappa shape index (κ1) is 13.3. The summed E-state index contributed by atoms with van der Waals surface area (Å²) in [5, 5.41) is 0. The molecule has 0 aliphatic carbocycles. The van der Waals surface area contributed by atoms with Gasteiger partial charge in [0.1, 0.15) is 5.82 Å². The third-order valence-corrected chi connectivity index (χ3v) is 4.11. The van der Waals surface area contributed by atoms with E-state index in [1.807, 2.05) is 24.3 Å². The Bertz CT molecular complexity index is 597. The summed E-state index contributed by atoms with van der Waals surface area (Å²) in [6.07, 6.45) is 0. The van der Waals surface area contributed by atoms with Crippen molar-refractivity contribution in [2.24, 2.45) is 5.73 Å². The predicted octanol–water partition coefficient (Wildman–Crippen LogP) is 3.40. The molecule has 3 rings (SSSR count). The highest BCUT2D eigenvalue weighted by Gasteiger charge is 2.28. The Labute approximate surface area is 119 Å². The predicted molar refractivity (Wildman–Crippen MR) is 78.6 cm³/mol. The van der Waals surface area contributed by atoms with Crippen molar-refractivity contribution in [1.29, 1.82) is 0 Å². The maximum atomic E-state index is 13.5. The lowest BCUT2D eigenvalue weighted by atomic mass is 9.90. The first-order valence-corrected chi connectivity index (χ1v) is 6.98. The summed E-state index contributed by atoms with van der Waals surface area (Å²) in [6.45, 7) is 3.76. The van der Waals surface area contributed by atoms with Crippen molar-refractivity contribution in [2.45, 2.75) is 25.6 Å². The van der Waals surface area contributed by atoms with Gasteiger partial charge in [0.15, 0.2) is 0 Å². The summed E-state index contributed by atoms with van der Waals surface area (Å²) < 4.78 is 13.5. The van der Waals surface area contributed by atoms with E-state index in [9.17, 15) is 4.39 Å². The summed E-state index contributed by atoms with van der Waals surface area (Å²) in [4.78, 5) is 2.31. The first-order chi connectivity index (χ1) is 9.65. The number of nitrogens with two attached hydrogens (primary N) is 1. The summed E-state index contributed by atoms with van der Waals surface area (Å²) in [6, 6.07) is 15.4. The topological polar surface area (TPSA) is 29.3 Å². The monoisotopic (exact) mass is 270 g/mol. The molecule has 2 unspecified atom stereocenters. The third kappa shape index (κ3) is 2.47. The van der Waals surface area contributed by atoms with E-state index >= 15 is 0 Å². The molecule has 1 aliphatic rings. The van der Waals surface area contributed by atoms with Crippen LogP contribution >= 0.6 is 0 Å². The molecule has 2 atom stereocenters. The summed E-state index contributed by atoms with van der Waals surface area (Å²) in [7, 11) is 0. The van der Waals surface area contributed by atoms with Gasteiger partial charge in [-0.15, -0.1) is 0 Å². The Morgan fingerprint density at radius 2 is 1.90 bits per heavy atom. The standard InChI is InChI=1S/C17H19FN2/c1-12-16-9-14(18)7-8-15(16)17(19)11-20(12)10-13-5-3-2-4-6-13/h2-9,12,17H,10-11,19H2,1H3. The zero-order chi connectivity index (χ0) is 14.1. The van der Waals surface area contributed by atoms with E-state index in [0.29, 0.717) is 0 Å². The zero-order valence-electron chi connectivity index (χ0n) is 11.6. The minimum Gasteiger partial charge on any atom is -0.323 e. The van der Waals surface area contributed by atoms with Crippen LogP contribution in [0.4, 0.5) is 4.39 Å². The Balaban J connectivity index is 1.89. The number of halogens is 1. The maximum absolute atomic E-state index is 13.5. The highest BCUT2D eigenvalue weighted by atomic mass is 19.1. The number of fused-ring (bicyclic) bond motifs is 1. The van der Waals surface area contributed by atoms with Gasteiger partial charge in [-0.2, -0.15) is 0 Å². The Morgan fingerprint density at radius 1 is 1.15 bits per heavy atom. The number of nitrogens with zero attached hydrogens (tertiary/aromatic N) is 1. The van der Waals surface area contributed by atoms with Crippen LogP contribution in [0.5, 0.6) is 0 Å². The van der Waals surface area contributed by atoms with Gasteiger partial charge >= 0.3 is 0 Å². The van der Waals surface area contributed by atoms with Gasteiger partial charge in [0.2, 0.25) is 0 Å². The van der Waals surface area contributed by atoms with Gasteiger partial charge in [-0.25, -0.2) is 4.39 Å². The van der Waals surface area contributed by atoms with E-state index in [-0.39, 0.29) is 17.9 Å². The second kappa shape index (κ2) is 5.35. The molecule has 1 heterocycles. The smallest absolute Gasteiger partial charge is 0.123 e. The van der Waals surface area contributed by atoms with Crippen molar-refractivity contribution in [3.63, 3.8) is 0 Å². The molecular weight excluding hydrogens is 251 g/mol. The Kier molecular flexibility index (Phi) is 3.55. The Morgan fingerprint density at radius 3 is 2.65 bits per heavy atom. The second-order valence-corrected chi connectivity index (χ2v) is 5.47. The number of rotatable bonds is 2. The molecule has 2 nitrogen and oxygen atoms in total. The molecule has 3 heteroatoms. The third-order valence-electron chi connectivity index (χ3n) is 4.11. The van der Waals surface area contributed by atoms with E-state index in [4.69, 9.17) is 5.73 Å². The van der Waals surface area contributed by atoms with Gasteiger partial charge in [0, 0.05) is 25.2 Å². The molecule has 0 aromatic heterocycles. The maximum Gasteiger partial charge on any atom is 0.123 e. The van der Waals surface area contributed by atoms with Crippen LogP contribution in [-0.4, -0.2) is 11.4 Å². The van der Waals surface area contributed by atoms with Crippen LogP contribution < -0.4 is 5.73 Å². The van der Waals surface area contributed by atoms with Crippen LogP contribution in [0.25, 0.3) is 0 Å². The molecule has 0 fully saturated rings. The van der Waals surface area contributed by atoms with Crippen molar-refractivity contribution in [1.82, 2.24) is 4.90 Å². The van der Waals surface area contributed by atoms with E-state index in [1.165, 1.54) is 11.6 Å². The normalized spacial score (nSPS) is 22.6. The van der Waals surface area contributed by atoms with Crippen LogP contribution in [0.1, 0.15) is 35.7 Å². The van der Waals surface area contributed by atoms with Crippen LogP contribution in [0.3, 0.4) is 0 Å². The lowest BCUT2D eigenvalue weighted by Gasteiger charge is -2.38. The Hall–Kier alpha value is -1.71. The summed E-state index contributed by atoms with van der Waals surface area (Å²) in [5.41, 5.74) is 9.58. The summed E-state index contributed by atoms with van der Waals surface area (Å²) >= 11 is 0.